The van der Waals surface area contributed by atoms with Crippen molar-refractivity contribution in [3.8, 4) is 0 Å². The number of nitrogens with zero attached hydrogens (tertiary/aromatic N) is 1. The Bertz CT molecular complexity index is 758. The standard InChI is InChI=1S/C15H13NO3S2/c1-9-11(14(17)18-2)7-10(19-9)8-20-15-16-12-5-3-4-6-13(12)21-15/h3-7H,8H2,1-2H3. The first-order valence-electron chi connectivity index (χ1n) is 6.33. The van der Waals surface area contributed by atoms with E-state index in [2.05, 4.69) is 11.1 Å². The topological polar surface area (TPSA) is 52.3 Å². The summed E-state index contributed by atoms with van der Waals surface area (Å²) in [5.41, 5.74) is 1.49. The third kappa shape index (κ3) is 2.96. The Kier molecular flexibility index (Phi) is 3.98. The molecule has 0 amide bonds. The number of aryl methyl sites for hydroxylation is 1. The van der Waals surface area contributed by atoms with E-state index in [0.29, 0.717) is 17.1 Å². The molecule has 0 saturated carbocycles. The van der Waals surface area contributed by atoms with Crippen molar-refractivity contribution in [2.24, 2.45) is 0 Å². The van der Waals surface area contributed by atoms with Crippen LogP contribution >= 0.6 is 23.1 Å². The van der Waals surface area contributed by atoms with Crippen molar-refractivity contribution in [3.63, 3.8) is 0 Å². The number of esters is 1. The first-order valence-corrected chi connectivity index (χ1v) is 8.13. The van der Waals surface area contributed by atoms with Crippen LogP contribution in [0.25, 0.3) is 10.2 Å². The normalized spacial score (nSPS) is 11.0. The summed E-state index contributed by atoms with van der Waals surface area (Å²) in [5, 5.41) is 0. The number of fused-ring (bicyclic) bond motifs is 1. The first kappa shape index (κ1) is 14.2. The Morgan fingerprint density at radius 2 is 2.24 bits per heavy atom. The smallest absolute Gasteiger partial charge is 0.341 e. The van der Waals surface area contributed by atoms with Crippen molar-refractivity contribution in [2.75, 3.05) is 7.11 Å². The third-order valence-electron chi connectivity index (χ3n) is 2.99. The van der Waals surface area contributed by atoms with Gasteiger partial charge >= 0.3 is 5.97 Å². The molecule has 3 aromatic rings. The molecule has 0 aliphatic rings. The highest BCUT2D eigenvalue weighted by atomic mass is 32.2. The van der Waals surface area contributed by atoms with E-state index in [0.717, 1.165) is 15.6 Å². The predicted octanol–water partition coefficient (Wildman–Crippen LogP) is 4.28. The van der Waals surface area contributed by atoms with E-state index in [9.17, 15) is 4.79 Å². The molecule has 0 saturated heterocycles. The van der Waals surface area contributed by atoms with Crippen molar-refractivity contribution < 1.29 is 13.9 Å². The van der Waals surface area contributed by atoms with E-state index < -0.39 is 0 Å². The molecular formula is C15H13NO3S2. The molecule has 0 aliphatic heterocycles. The second-order valence-electron chi connectivity index (χ2n) is 4.41. The van der Waals surface area contributed by atoms with Crippen LogP contribution in [0.1, 0.15) is 21.9 Å². The van der Waals surface area contributed by atoms with Crippen LogP contribution in [0.2, 0.25) is 0 Å². The van der Waals surface area contributed by atoms with Gasteiger partial charge < -0.3 is 9.15 Å². The lowest BCUT2D eigenvalue weighted by Gasteiger charge is -1.93. The number of thioether (sulfide) groups is 1. The van der Waals surface area contributed by atoms with E-state index in [1.54, 1.807) is 36.1 Å². The number of aromatic nitrogens is 1. The number of hydrogen-bond donors (Lipinski definition) is 0. The Hall–Kier alpha value is -1.79. The molecule has 4 nitrogen and oxygen atoms in total. The lowest BCUT2D eigenvalue weighted by atomic mass is 10.2. The number of furan rings is 1. The highest BCUT2D eigenvalue weighted by molar-refractivity contribution is 8.00. The van der Waals surface area contributed by atoms with Gasteiger partial charge in [-0.25, -0.2) is 9.78 Å². The second-order valence-corrected chi connectivity index (χ2v) is 6.66. The van der Waals surface area contributed by atoms with Crippen LogP contribution < -0.4 is 0 Å². The first-order chi connectivity index (χ1) is 10.2. The fourth-order valence-corrected chi connectivity index (χ4v) is 3.92. The van der Waals surface area contributed by atoms with Crippen molar-refractivity contribution in [1.82, 2.24) is 4.98 Å². The molecule has 0 N–H and O–H groups in total. The summed E-state index contributed by atoms with van der Waals surface area (Å²) in [6.45, 7) is 1.76. The molecule has 0 bridgehead atoms. The maximum Gasteiger partial charge on any atom is 0.341 e. The molecule has 6 heteroatoms. The van der Waals surface area contributed by atoms with Crippen molar-refractivity contribution in [1.29, 1.82) is 0 Å². The van der Waals surface area contributed by atoms with Gasteiger partial charge in [-0.1, -0.05) is 23.9 Å². The third-order valence-corrected chi connectivity index (χ3v) is 5.19. The molecule has 2 heterocycles. The molecule has 0 unspecified atom stereocenters. The van der Waals surface area contributed by atoms with Gasteiger partial charge in [-0.05, 0) is 25.1 Å². The summed E-state index contributed by atoms with van der Waals surface area (Å²) in [6, 6.07) is 9.79. The Morgan fingerprint density at radius 1 is 1.43 bits per heavy atom. The molecule has 3 rings (SSSR count). The molecule has 1 aromatic carbocycles. The van der Waals surface area contributed by atoms with Gasteiger partial charge in [0.1, 0.15) is 17.1 Å². The molecule has 0 fully saturated rings. The number of carbonyl (C=O) groups is 1. The average Bonchev–Trinajstić information content (AvgIpc) is 3.07. The lowest BCUT2D eigenvalue weighted by molar-refractivity contribution is 0.0599. The minimum atomic E-state index is -0.368. The zero-order valence-corrected chi connectivity index (χ0v) is 13.2. The minimum Gasteiger partial charge on any atom is -0.465 e. The van der Waals surface area contributed by atoms with Gasteiger partial charge in [-0.15, -0.1) is 11.3 Å². The molecule has 21 heavy (non-hydrogen) atoms. The van der Waals surface area contributed by atoms with Crippen LogP contribution in [-0.2, 0) is 10.5 Å². The van der Waals surface area contributed by atoms with Crippen molar-refractivity contribution >= 4 is 39.3 Å². The Balaban J connectivity index is 1.74. The monoisotopic (exact) mass is 319 g/mol. The average molecular weight is 319 g/mol. The zero-order chi connectivity index (χ0) is 14.8. The summed E-state index contributed by atoms with van der Waals surface area (Å²) < 4.78 is 12.5. The highest BCUT2D eigenvalue weighted by Crippen LogP contribution is 2.32. The SMILES string of the molecule is COC(=O)c1cc(CSc2nc3ccccc3s2)oc1C. The van der Waals surface area contributed by atoms with Crippen molar-refractivity contribution in [2.45, 2.75) is 17.0 Å². The van der Waals surface area contributed by atoms with Gasteiger partial charge in [0, 0.05) is 0 Å². The minimum absolute atomic E-state index is 0.368. The van der Waals surface area contributed by atoms with Crippen molar-refractivity contribution in [3.05, 3.63) is 47.4 Å². The largest absolute Gasteiger partial charge is 0.465 e. The highest BCUT2D eigenvalue weighted by Gasteiger charge is 2.15. The molecular weight excluding hydrogens is 306 g/mol. The number of hydrogen-bond acceptors (Lipinski definition) is 6. The van der Waals surface area contributed by atoms with E-state index in [1.807, 2.05) is 18.2 Å². The van der Waals surface area contributed by atoms with Crippen LogP contribution in [0.4, 0.5) is 0 Å². The van der Waals surface area contributed by atoms with E-state index in [4.69, 9.17) is 9.15 Å². The molecule has 0 aliphatic carbocycles. The zero-order valence-electron chi connectivity index (χ0n) is 11.6. The van der Waals surface area contributed by atoms with E-state index in [-0.39, 0.29) is 5.97 Å². The summed E-state index contributed by atoms with van der Waals surface area (Å²) in [4.78, 5) is 16.1. The van der Waals surface area contributed by atoms with Crippen LogP contribution in [-0.4, -0.2) is 18.1 Å². The van der Waals surface area contributed by atoms with Gasteiger partial charge in [0.25, 0.3) is 0 Å². The fraction of sp³-hybridized carbons (Fsp3) is 0.200. The number of benzene rings is 1. The summed E-state index contributed by atoms with van der Waals surface area (Å²) >= 11 is 3.26. The van der Waals surface area contributed by atoms with Gasteiger partial charge in [-0.3, -0.25) is 0 Å². The van der Waals surface area contributed by atoms with E-state index in [1.165, 1.54) is 11.8 Å². The molecule has 2 aromatic heterocycles. The summed E-state index contributed by atoms with van der Waals surface area (Å²) in [5.74, 6) is 1.60. The van der Waals surface area contributed by atoms with Gasteiger partial charge in [0.05, 0.1) is 23.1 Å². The van der Waals surface area contributed by atoms with E-state index >= 15 is 0 Å². The van der Waals surface area contributed by atoms with Crippen LogP contribution in [0.15, 0.2) is 39.1 Å². The van der Waals surface area contributed by atoms with Crippen LogP contribution in [0.5, 0.6) is 0 Å². The predicted molar refractivity (Wildman–Crippen MR) is 84.0 cm³/mol. The Labute approximate surface area is 130 Å². The fourth-order valence-electron chi connectivity index (χ4n) is 1.97. The maximum atomic E-state index is 11.5. The van der Waals surface area contributed by atoms with Crippen LogP contribution in [0.3, 0.4) is 0 Å². The number of rotatable bonds is 4. The number of ether oxygens (including phenoxy) is 1. The quantitative estimate of drug-likeness (QED) is 0.531. The van der Waals surface area contributed by atoms with Gasteiger partial charge in [-0.2, -0.15) is 0 Å². The maximum absolute atomic E-state index is 11.5. The van der Waals surface area contributed by atoms with Gasteiger partial charge in [0.15, 0.2) is 4.34 Å². The summed E-state index contributed by atoms with van der Waals surface area (Å²) in [6.07, 6.45) is 0. The number of para-hydroxylation sites is 1. The summed E-state index contributed by atoms with van der Waals surface area (Å²) in [7, 11) is 1.37. The number of carbonyl (C=O) groups excluding carboxylic acids is 1. The second kappa shape index (κ2) is 5.91. The lowest BCUT2D eigenvalue weighted by Crippen LogP contribution is -2.00. The number of methoxy groups -OCH3 is 1. The molecule has 108 valence electrons. The van der Waals surface area contributed by atoms with Crippen LogP contribution in [0, 0.1) is 6.92 Å². The van der Waals surface area contributed by atoms with Gasteiger partial charge in [0.2, 0.25) is 0 Å². The number of thiazole rings is 1. The molecule has 0 atom stereocenters. The molecule has 0 radical (unpaired) electrons. The molecule has 0 spiro atoms. The Morgan fingerprint density at radius 3 is 3.00 bits per heavy atom.